The molecule has 0 saturated heterocycles. The largest absolute Gasteiger partial charge is 0.396 e. The second-order valence-corrected chi connectivity index (χ2v) is 3.98. The lowest BCUT2D eigenvalue weighted by atomic mass is 10.0. The molecule has 5 heteroatoms. The summed E-state index contributed by atoms with van der Waals surface area (Å²) in [4.78, 5) is 11.9. The van der Waals surface area contributed by atoms with Crippen molar-refractivity contribution in [1.29, 1.82) is 0 Å². The molecule has 0 aliphatic carbocycles. The standard InChI is InChI=1S/C12H17FN2O2/c1-4-12(2,17-3)11(16)15-8-5-6-9(13)10(14)7-8/h5-7H,4,14H2,1-3H3,(H,15,16). The zero-order valence-corrected chi connectivity index (χ0v) is 10.2. The van der Waals surface area contributed by atoms with Gasteiger partial charge in [0.25, 0.3) is 5.91 Å². The van der Waals surface area contributed by atoms with Crippen LogP contribution < -0.4 is 11.1 Å². The zero-order chi connectivity index (χ0) is 13.1. The molecule has 0 aliphatic heterocycles. The van der Waals surface area contributed by atoms with Gasteiger partial charge < -0.3 is 15.8 Å². The SMILES string of the molecule is CCC(C)(OC)C(=O)Nc1ccc(F)c(N)c1. The Kier molecular flexibility index (Phi) is 4.07. The van der Waals surface area contributed by atoms with Crippen molar-refractivity contribution in [3.8, 4) is 0 Å². The molecular weight excluding hydrogens is 223 g/mol. The van der Waals surface area contributed by atoms with Gasteiger partial charge in [-0.25, -0.2) is 4.39 Å². The Morgan fingerprint density at radius 1 is 1.59 bits per heavy atom. The first-order chi connectivity index (χ1) is 7.92. The maximum Gasteiger partial charge on any atom is 0.256 e. The van der Waals surface area contributed by atoms with Crippen molar-refractivity contribution >= 4 is 17.3 Å². The van der Waals surface area contributed by atoms with Crippen LogP contribution in [0.5, 0.6) is 0 Å². The van der Waals surface area contributed by atoms with Crippen LogP contribution in [0.2, 0.25) is 0 Å². The van der Waals surface area contributed by atoms with E-state index < -0.39 is 11.4 Å². The number of anilines is 2. The highest BCUT2D eigenvalue weighted by Crippen LogP contribution is 2.20. The molecule has 1 amide bonds. The van der Waals surface area contributed by atoms with Gasteiger partial charge >= 0.3 is 0 Å². The number of amides is 1. The molecule has 0 aromatic heterocycles. The smallest absolute Gasteiger partial charge is 0.256 e. The molecule has 4 nitrogen and oxygen atoms in total. The van der Waals surface area contributed by atoms with Crippen molar-refractivity contribution in [2.75, 3.05) is 18.2 Å². The number of benzene rings is 1. The number of hydrogen-bond acceptors (Lipinski definition) is 3. The average molecular weight is 240 g/mol. The molecule has 1 atom stereocenters. The zero-order valence-electron chi connectivity index (χ0n) is 10.2. The van der Waals surface area contributed by atoms with Crippen LogP contribution in [0, 0.1) is 5.82 Å². The number of rotatable bonds is 4. The minimum atomic E-state index is -0.900. The second-order valence-electron chi connectivity index (χ2n) is 3.98. The normalized spacial score (nSPS) is 14.1. The van der Waals surface area contributed by atoms with Gasteiger partial charge in [0.2, 0.25) is 0 Å². The van der Waals surface area contributed by atoms with Gasteiger partial charge in [0.1, 0.15) is 11.4 Å². The van der Waals surface area contributed by atoms with Crippen molar-refractivity contribution < 1.29 is 13.9 Å². The van der Waals surface area contributed by atoms with Gasteiger partial charge in [0, 0.05) is 12.8 Å². The second kappa shape index (κ2) is 5.14. The summed E-state index contributed by atoms with van der Waals surface area (Å²) < 4.78 is 18.1. The van der Waals surface area contributed by atoms with Crippen molar-refractivity contribution in [1.82, 2.24) is 0 Å². The molecule has 0 heterocycles. The summed E-state index contributed by atoms with van der Waals surface area (Å²) in [6.07, 6.45) is 0.534. The first-order valence-electron chi connectivity index (χ1n) is 5.34. The Balaban J connectivity index is 2.84. The molecule has 0 spiro atoms. The Labute approximate surface area is 100.0 Å². The van der Waals surface area contributed by atoms with Gasteiger partial charge in [-0.15, -0.1) is 0 Å². The van der Waals surface area contributed by atoms with Gasteiger partial charge in [-0.05, 0) is 31.5 Å². The lowest BCUT2D eigenvalue weighted by molar-refractivity contribution is -0.136. The van der Waals surface area contributed by atoms with Gasteiger partial charge in [-0.1, -0.05) is 6.92 Å². The van der Waals surface area contributed by atoms with E-state index in [2.05, 4.69) is 5.32 Å². The predicted molar refractivity (Wildman–Crippen MR) is 65.1 cm³/mol. The molecule has 0 fully saturated rings. The van der Waals surface area contributed by atoms with Crippen LogP contribution in [-0.2, 0) is 9.53 Å². The number of ether oxygens (including phenoxy) is 1. The van der Waals surface area contributed by atoms with Crippen molar-refractivity contribution in [2.45, 2.75) is 25.9 Å². The highest BCUT2D eigenvalue weighted by Gasteiger charge is 2.30. The molecule has 1 unspecified atom stereocenters. The predicted octanol–water partition coefficient (Wildman–Crippen LogP) is 2.16. The van der Waals surface area contributed by atoms with Crippen LogP contribution in [0.15, 0.2) is 18.2 Å². The first kappa shape index (κ1) is 13.4. The molecule has 94 valence electrons. The summed E-state index contributed by atoms with van der Waals surface area (Å²) in [7, 11) is 1.47. The molecule has 0 saturated carbocycles. The van der Waals surface area contributed by atoms with E-state index in [4.69, 9.17) is 10.5 Å². The van der Waals surface area contributed by atoms with E-state index in [1.807, 2.05) is 6.92 Å². The Morgan fingerprint density at radius 2 is 2.24 bits per heavy atom. The maximum absolute atomic E-state index is 12.9. The number of carbonyl (C=O) groups is 1. The number of nitrogens with one attached hydrogen (secondary N) is 1. The maximum atomic E-state index is 12.9. The van der Waals surface area contributed by atoms with E-state index in [0.717, 1.165) is 0 Å². The van der Waals surface area contributed by atoms with Crippen LogP contribution >= 0.6 is 0 Å². The molecule has 3 N–H and O–H groups in total. The van der Waals surface area contributed by atoms with Gasteiger partial charge in [-0.2, -0.15) is 0 Å². The summed E-state index contributed by atoms with van der Waals surface area (Å²) in [5.41, 5.74) is 4.96. The summed E-state index contributed by atoms with van der Waals surface area (Å²) in [6, 6.07) is 4.04. The number of halogens is 1. The molecule has 0 aliphatic rings. The summed E-state index contributed by atoms with van der Waals surface area (Å²) >= 11 is 0. The fraction of sp³-hybridized carbons (Fsp3) is 0.417. The van der Waals surface area contributed by atoms with Gasteiger partial charge in [0.15, 0.2) is 0 Å². The topological polar surface area (TPSA) is 64.3 Å². The third-order valence-corrected chi connectivity index (χ3v) is 2.86. The fourth-order valence-electron chi connectivity index (χ4n) is 1.28. The van der Waals surface area contributed by atoms with Crippen molar-refractivity contribution in [3.63, 3.8) is 0 Å². The van der Waals surface area contributed by atoms with Crippen molar-refractivity contribution in [3.05, 3.63) is 24.0 Å². The molecule has 1 rings (SSSR count). The number of methoxy groups -OCH3 is 1. The highest BCUT2D eigenvalue weighted by atomic mass is 19.1. The number of nitrogen functional groups attached to an aromatic ring is 1. The molecular formula is C12H17FN2O2. The van der Waals surface area contributed by atoms with Crippen LogP contribution in [0.3, 0.4) is 0 Å². The Hall–Kier alpha value is -1.62. The molecule has 1 aromatic carbocycles. The van der Waals surface area contributed by atoms with E-state index >= 15 is 0 Å². The number of carbonyl (C=O) groups excluding carboxylic acids is 1. The lowest BCUT2D eigenvalue weighted by Gasteiger charge is -2.25. The third-order valence-electron chi connectivity index (χ3n) is 2.86. The molecule has 0 radical (unpaired) electrons. The van der Waals surface area contributed by atoms with E-state index in [1.165, 1.54) is 25.3 Å². The van der Waals surface area contributed by atoms with Crippen molar-refractivity contribution in [2.24, 2.45) is 0 Å². The number of nitrogens with two attached hydrogens (primary N) is 1. The lowest BCUT2D eigenvalue weighted by Crippen LogP contribution is -2.41. The quantitative estimate of drug-likeness (QED) is 0.793. The molecule has 17 heavy (non-hydrogen) atoms. The van der Waals surface area contributed by atoms with Gasteiger partial charge in [0.05, 0.1) is 5.69 Å². The van der Waals surface area contributed by atoms with E-state index in [0.29, 0.717) is 12.1 Å². The van der Waals surface area contributed by atoms with Crippen LogP contribution in [-0.4, -0.2) is 18.6 Å². The molecule has 1 aromatic rings. The fourth-order valence-corrected chi connectivity index (χ4v) is 1.28. The monoisotopic (exact) mass is 240 g/mol. The first-order valence-corrected chi connectivity index (χ1v) is 5.34. The minimum absolute atomic E-state index is 0.00146. The van der Waals surface area contributed by atoms with E-state index in [9.17, 15) is 9.18 Å². The van der Waals surface area contributed by atoms with Crippen LogP contribution in [0.4, 0.5) is 15.8 Å². The highest BCUT2D eigenvalue weighted by molar-refractivity contribution is 5.97. The average Bonchev–Trinajstić information content (AvgIpc) is 2.32. The van der Waals surface area contributed by atoms with E-state index in [1.54, 1.807) is 6.92 Å². The summed E-state index contributed by atoms with van der Waals surface area (Å²) in [6.45, 7) is 3.54. The van der Waals surface area contributed by atoms with Crippen LogP contribution in [0.25, 0.3) is 0 Å². The summed E-state index contributed by atoms with van der Waals surface area (Å²) in [5.74, 6) is -0.790. The Morgan fingerprint density at radius 3 is 2.71 bits per heavy atom. The Bertz CT molecular complexity index is 417. The summed E-state index contributed by atoms with van der Waals surface area (Å²) in [5, 5.41) is 2.64. The van der Waals surface area contributed by atoms with E-state index in [-0.39, 0.29) is 11.6 Å². The minimum Gasteiger partial charge on any atom is -0.396 e. The third kappa shape index (κ3) is 2.94. The molecule has 0 bridgehead atoms. The van der Waals surface area contributed by atoms with Crippen LogP contribution in [0.1, 0.15) is 20.3 Å². The number of hydrogen-bond donors (Lipinski definition) is 2. The van der Waals surface area contributed by atoms with Gasteiger partial charge in [-0.3, -0.25) is 4.79 Å².